The van der Waals surface area contributed by atoms with Gasteiger partial charge < -0.3 is 26.7 Å². The van der Waals surface area contributed by atoms with E-state index in [0.29, 0.717) is 23.2 Å². The lowest BCUT2D eigenvalue weighted by atomic mass is 9.64. The molecule has 1 saturated carbocycles. The molecule has 0 spiro atoms. The summed E-state index contributed by atoms with van der Waals surface area (Å²) in [5.41, 5.74) is 5.59. The molecule has 4 rings (SSSR count). The summed E-state index contributed by atoms with van der Waals surface area (Å²) in [6, 6.07) is 5.81. The third-order valence-corrected chi connectivity index (χ3v) is 7.28. The topological polar surface area (TPSA) is 145 Å². The highest BCUT2D eigenvalue weighted by Gasteiger charge is 2.41. The molecule has 0 saturated heterocycles. The van der Waals surface area contributed by atoms with E-state index in [2.05, 4.69) is 58.5 Å². The van der Waals surface area contributed by atoms with Gasteiger partial charge in [0.05, 0.1) is 29.0 Å². The number of carbonyl (C=O) groups excluding carboxylic acids is 1. The SMILES string of the molecule is CCC.CCC1(CC)CC(F)C1.CCC=O.CN1CC(c2ccc(/C(C=N)=N\N)nc2)C=N1.CNc1cnc(C)c(NC)c1. The standard InChI is InChI=1S/C11H14N6.C8H15F.C8H13N3.C3H6O.C3H8/c1-17-7-9(6-15-17)8-2-3-10(14-5-8)11(4-12)16-13;1-3-8(4-2)5-7(9)6-8;1-6-8(10-3)4-7(9-2)5-11-6;1-2-3-4;1-3-2/h2-6,9,12H,7,13H2,1H3;7H,3-6H2,1-2H3;4-5,9-10H,1-3H3;3H,2H2,1H3;3H2,1-2H3/b12-4?,16-11-;;;;. The number of hydrazone groups is 2. The van der Waals surface area contributed by atoms with Crippen LogP contribution in [-0.4, -0.2) is 73.3 Å². The molecule has 2 aromatic rings. The summed E-state index contributed by atoms with van der Waals surface area (Å²) in [5.74, 6) is 5.44. The quantitative estimate of drug-likeness (QED) is 0.111. The Morgan fingerprint density at radius 1 is 1.14 bits per heavy atom. The average molecular weight is 614 g/mol. The predicted octanol–water partition coefficient (Wildman–Crippen LogP) is 6.82. The van der Waals surface area contributed by atoms with E-state index in [1.165, 1.54) is 6.42 Å². The molecular formula is C33H56FN9O. The summed E-state index contributed by atoms with van der Waals surface area (Å²) in [6.07, 6.45) is 12.8. The number of nitrogens with two attached hydrogens (primary N) is 1. The molecule has 0 bridgehead atoms. The third kappa shape index (κ3) is 14.1. The zero-order valence-corrected chi connectivity index (χ0v) is 28.3. The van der Waals surface area contributed by atoms with Gasteiger partial charge in [-0.05, 0) is 42.9 Å². The molecule has 1 unspecified atom stereocenters. The molecule has 246 valence electrons. The smallest absolute Gasteiger partial charge is 0.126 e. The van der Waals surface area contributed by atoms with Gasteiger partial charge in [0.25, 0.3) is 0 Å². The molecule has 3 heterocycles. The van der Waals surface area contributed by atoms with Gasteiger partial charge in [-0.2, -0.15) is 10.2 Å². The first-order chi connectivity index (χ1) is 21.1. The van der Waals surface area contributed by atoms with E-state index in [-0.39, 0.29) is 5.92 Å². The summed E-state index contributed by atoms with van der Waals surface area (Å²) < 4.78 is 12.4. The number of aromatic nitrogens is 2. The zero-order chi connectivity index (χ0) is 33.5. The molecule has 2 aliphatic rings. The Labute approximate surface area is 264 Å². The fourth-order valence-electron chi connectivity index (χ4n) is 4.35. The van der Waals surface area contributed by atoms with Crippen molar-refractivity contribution in [3.63, 3.8) is 0 Å². The van der Waals surface area contributed by atoms with E-state index in [9.17, 15) is 9.18 Å². The number of anilines is 2. The van der Waals surface area contributed by atoms with Crippen LogP contribution in [0, 0.1) is 17.7 Å². The first-order valence-electron chi connectivity index (χ1n) is 15.5. The molecule has 1 atom stereocenters. The maximum Gasteiger partial charge on any atom is 0.126 e. The molecule has 1 fully saturated rings. The van der Waals surface area contributed by atoms with Crippen LogP contribution in [0.15, 0.2) is 40.8 Å². The first kappa shape index (κ1) is 40.1. The Hall–Kier alpha value is -3.89. The Kier molecular flexibility index (Phi) is 20.6. The van der Waals surface area contributed by atoms with Crippen LogP contribution in [0.5, 0.6) is 0 Å². The summed E-state index contributed by atoms with van der Waals surface area (Å²) in [5, 5.41) is 22.8. The number of hydrogen-bond donors (Lipinski definition) is 4. The largest absolute Gasteiger partial charge is 0.387 e. The molecular weight excluding hydrogens is 557 g/mol. The van der Waals surface area contributed by atoms with Crippen LogP contribution in [0.4, 0.5) is 15.8 Å². The van der Waals surface area contributed by atoms with Gasteiger partial charge in [-0.25, -0.2) is 4.39 Å². The van der Waals surface area contributed by atoms with Gasteiger partial charge in [0.1, 0.15) is 18.2 Å². The Bertz CT molecular complexity index is 1130. The highest BCUT2D eigenvalue weighted by molar-refractivity contribution is 6.36. The van der Waals surface area contributed by atoms with Crippen molar-refractivity contribution >= 4 is 35.8 Å². The predicted molar refractivity (Wildman–Crippen MR) is 185 cm³/mol. The van der Waals surface area contributed by atoms with Crippen molar-refractivity contribution in [1.29, 1.82) is 5.41 Å². The van der Waals surface area contributed by atoms with Crippen molar-refractivity contribution in [2.75, 3.05) is 38.3 Å². The molecule has 44 heavy (non-hydrogen) atoms. The minimum atomic E-state index is -0.482. The van der Waals surface area contributed by atoms with Crippen LogP contribution >= 0.6 is 0 Å². The van der Waals surface area contributed by atoms with E-state index in [1.54, 1.807) is 6.20 Å². The number of hydrogen-bond acceptors (Lipinski definition) is 10. The minimum absolute atomic E-state index is 0.278. The summed E-state index contributed by atoms with van der Waals surface area (Å²) >= 11 is 0. The van der Waals surface area contributed by atoms with Crippen molar-refractivity contribution in [3.05, 3.63) is 47.5 Å². The summed E-state index contributed by atoms with van der Waals surface area (Å²) in [4.78, 5) is 17.6. The van der Waals surface area contributed by atoms with Crippen LogP contribution in [0.3, 0.4) is 0 Å². The van der Waals surface area contributed by atoms with Crippen molar-refractivity contribution in [3.8, 4) is 0 Å². The Morgan fingerprint density at radius 3 is 2.09 bits per heavy atom. The second kappa shape index (κ2) is 22.6. The number of aldehydes is 1. The van der Waals surface area contributed by atoms with E-state index >= 15 is 0 Å². The summed E-state index contributed by atoms with van der Waals surface area (Å²) in [7, 11) is 5.71. The fourth-order valence-corrected chi connectivity index (χ4v) is 4.35. The average Bonchev–Trinajstić information content (AvgIpc) is 3.48. The van der Waals surface area contributed by atoms with Crippen LogP contribution in [0.1, 0.15) is 96.0 Å². The lowest BCUT2D eigenvalue weighted by Crippen LogP contribution is -2.37. The lowest BCUT2D eigenvalue weighted by molar-refractivity contribution is -0.107. The number of rotatable bonds is 8. The van der Waals surface area contributed by atoms with Crippen LogP contribution < -0.4 is 16.5 Å². The highest BCUT2D eigenvalue weighted by Crippen LogP contribution is 2.48. The second-order valence-electron chi connectivity index (χ2n) is 10.7. The van der Waals surface area contributed by atoms with Gasteiger partial charge in [0, 0.05) is 58.7 Å². The minimum Gasteiger partial charge on any atom is -0.387 e. The van der Waals surface area contributed by atoms with E-state index in [1.807, 2.05) is 70.6 Å². The van der Waals surface area contributed by atoms with E-state index in [0.717, 1.165) is 67.4 Å². The second-order valence-corrected chi connectivity index (χ2v) is 10.7. The van der Waals surface area contributed by atoms with Crippen LogP contribution in [-0.2, 0) is 4.79 Å². The van der Waals surface area contributed by atoms with Gasteiger partial charge in [-0.1, -0.05) is 59.9 Å². The highest BCUT2D eigenvalue weighted by atomic mass is 19.1. The number of likely N-dealkylation sites (N-methyl/N-ethyl adjacent to an activating group) is 1. The molecule has 0 radical (unpaired) electrons. The van der Waals surface area contributed by atoms with Crippen molar-refractivity contribution < 1.29 is 9.18 Å². The third-order valence-electron chi connectivity index (χ3n) is 7.28. The first-order valence-corrected chi connectivity index (χ1v) is 15.5. The number of nitrogens with one attached hydrogen (secondary N) is 3. The molecule has 5 N–H and O–H groups in total. The number of aryl methyl sites for hydroxylation is 1. The fraction of sp³-hybridized carbons (Fsp3) is 0.576. The molecule has 2 aromatic heterocycles. The van der Waals surface area contributed by atoms with Crippen LogP contribution in [0.2, 0.25) is 0 Å². The number of pyridine rings is 2. The van der Waals surface area contributed by atoms with Crippen molar-refractivity contribution in [2.45, 2.75) is 92.2 Å². The molecule has 1 aliphatic carbocycles. The van der Waals surface area contributed by atoms with Gasteiger partial charge >= 0.3 is 0 Å². The monoisotopic (exact) mass is 613 g/mol. The van der Waals surface area contributed by atoms with Crippen molar-refractivity contribution in [1.82, 2.24) is 15.0 Å². The molecule has 0 amide bonds. The molecule has 11 heteroatoms. The van der Waals surface area contributed by atoms with Gasteiger partial charge in [0.15, 0.2) is 0 Å². The Balaban J connectivity index is 0.000000594. The maximum absolute atomic E-state index is 12.4. The Morgan fingerprint density at radius 2 is 1.75 bits per heavy atom. The van der Waals surface area contributed by atoms with Crippen molar-refractivity contribution in [2.24, 2.45) is 21.5 Å². The van der Waals surface area contributed by atoms with Gasteiger partial charge in [-0.15, -0.1) is 0 Å². The van der Waals surface area contributed by atoms with Gasteiger partial charge in [-0.3, -0.25) is 15.0 Å². The molecule has 0 aromatic carbocycles. The van der Waals surface area contributed by atoms with E-state index < -0.39 is 6.17 Å². The number of alkyl halides is 1. The van der Waals surface area contributed by atoms with Crippen LogP contribution in [0.25, 0.3) is 0 Å². The van der Waals surface area contributed by atoms with E-state index in [4.69, 9.17) is 11.3 Å². The normalized spacial score (nSPS) is 16.2. The molecule has 10 nitrogen and oxygen atoms in total. The number of nitrogens with zero attached hydrogens (tertiary/aromatic N) is 5. The maximum atomic E-state index is 12.4. The van der Waals surface area contributed by atoms with Gasteiger partial charge in [0.2, 0.25) is 0 Å². The zero-order valence-electron chi connectivity index (χ0n) is 28.3. The number of carbonyl (C=O) groups is 1. The summed E-state index contributed by atoms with van der Waals surface area (Å²) in [6.45, 7) is 13.2. The molecule has 1 aliphatic heterocycles. The number of halogens is 1. The lowest BCUT2D eigenvalue weighted by Gasteiger charge is -2.43.